The van der Waals surface area contributed by atoms with Crippen molar-refractivity contribution in [3.05, 3.63) is 108 Å². The van der Waals surface area contributed by atoms with E-state index in [0.29, 0.717) is 13.2 Å². The van der Waals surface area contributed by atoms with Crippen molar-refractivity contribution in [3.63, 3.8) is 0 Å². The molecule has 0 fully saturated rings. The number of hydrogen-bond acceptors (Lipinski definition) is 3. The van der Waals surface area contributed by atoms with Gasteiger partial charge < -0.3 is 14.2 Å². The normalized spacial score (nSPS) is 12.3. The number of hydrogen-bond donors (Lipinski definition) is 0. The lowest BCUT2D eigenvalue weighted by Gasteiger charge is -2.37. The molecule has 0 saturated carbocycles. The standard InChI is InChI=1S/C54H86O3/c1-3-5-7-9-11-13-15-17-19-21-23-25-27-38-46-55-48-53(56-47-39-28-26-24-22-20-18-16-14-12-10-8-6-4-2)49-57-54(50-40-32-29-33-41-50,51-42-34-30-35-43-51)52-44-36-31-37-45-52/h29-37,40-45,53H,3-28,38-39,46-49H2,1-2H3. The Hall–Kier alpha value is -2.46. The van der Waals surface area contributed by atoms with E-state index < -0.39 is 5.60 Å². The van der Waals surface area contributed by atoms with Crippen LogP contribution in [0.3, 0.4) is 0 Å². The van der Waals surface area contributed by atoms with Crippen LogP contribution in [-0.4, -0.2) is 32.5 Å². The van der Waals surface area contributed by atoms with Gasteiger partial charge in [0, 0.05) is 13.2 Å². The van der Waals surface area contributed by atoms with Crippen LogP contribution >= 0.6 is 0 Å². The Kier molecular flexibility index (Phi) is 29.5. The first-order valence-electron chi connectivity index (χ1n) is 24.3. The van der Waals surface area contributed by atoms with Crippen LogP contribution in [0.5, 0.6) is 0 Å². The van der Waals surface area contributed by atoms with Gasteiger partial charge in [0.05, 0.1) is 13.2 Å². The predicted molar refractivity (Wildman–Crippen MR) is 246 cm³/mol. The summed E-state index contributed by atoms with van der Waals surface area (Å²) >= 11 is 0. The van der Waals surface area contributed by atoms with Gasteiger partial charge in [0.1, 0.15) is 11.7 Å². The van der Waals surface area contributed by atoms with Crippen molar-refractivity contribution in [1.29, 1.82) is 0 Å². The van der Waals surface area contributed by atoms with E-state index in [1.165, 1.54) is 167 Å². The lowest BCUT2D eigenvalue weighted by Crippen LogP contribution is -2.37. The maximum Gasteiger partial charge on any atom is 0.143 e. The highest BCUT2D eigenvalue weighted by Crippen LogP contribution is 2.40. The molecule has 3 aromatic carbocycles. The van der Waals surface area contributed by atoms with E-state index in [4.69, 9.17) is 14.2 Å². The average Bonchev–Trinajstić information content (AvgIpc) is 3.26. The number of benzene rings is 3. The van der Waals surface area contributed by atoms with Crippen LogP contribution < -0.4 is 0 Å². The molecule has 3 aromatic rings. The topological polar surface area (TPSA) is 27.7 Å². The van der Waals surface area contributed by atoms with E-state index >= 15 is 0 Å². The van der Waals surface area contributed by atoms with E-state index in [9.17, 15) is 0 Å². The van der Waals surface area contributed by atoms with Gasteiger partial charge in [0.2, 0.25) is 0 Å². The SMILES string of the molecule is CCCCCCCCCCCCCCCCOCC(COC(c1ccccc1)(c1ccccc1)c1ccccc1)OCCCCCCCCCCCCCCCC. The van der Waals surface area contributed by atoms with Gasteiger partial charge >= 0.3 is 0 Å². The van der Waals surface area contributed by atoms with Crippen LogP contribution in [0, 0.1) is 0 Å². The molecule has 0 N–H and O–H groups in total. The predicted octanol–water partition coefficient (Wildman–Crippen LogP) is 16.4. The summed E-state index contributed by atoms with van der Waals surface area (Å²) in [5.41, 5.74) is 2.61. The molecular formula is C54H86O3. The molecule has 1 unspecified atom stereocenters. The van der Waals surface area contributed by atoms with Crippen LogP contribution in [0.15, 0.2) is 91.0 Å². The third kappa shape index (κ3) is 21.9. The minimum atomic E-state index is -0.755. The first-order valence-corrected chi connectivity index (χ1v) is 24.3. The van der Waals surface area contributed by atoms with Gasteiger partial charge in [0.15, 0.2) is 0 Å². The minimum Gasteiger partial charge on any atom is -0.379 e. The van der Waals surface area contributed by atoms with Crippen molar-refractivity contribution in [2.24, 2.45) is 0 Å². The molecule has 3 heteroatoms. The van der Waals surface area contributed by atoms with Crippen molar-refractivity contribution in [3.8, 4) is 0 Å². The highest BCUT2D eigenvalue weighted by Gasteiger charge is 2.38. The molecule has 0 aliphatic rings. The summed E-state index contributed by atoms with van der Waals surface area (Å²) in [4.78, 5) is 0. The summed E-state index contributed by atoms with van der Waals surface area (Å²) in [5.74, 6) is 0. The Morgan fingerprint density at radius 1 is 0.351 bits per heavy atom. The van der Waals surface area contributed by atoms with E-state index in [0.717, 1.165) is 42.7 Å². The van der Waals surface area contributed by atoms with Gasteiger partial charge in [-0.2, -0.15) is 0 Å². The second-order valence-corrected chi connectivity index (χ2v) is 16.9. The Labute approximate surface area is 352 Å². The van der Waals surface area contributed by atoms with Crippen molar-refractivity contribution in [1.82, 2.24) is 0 Å². The lowest BCUT2D eigenvalue weighted by atomic mass is 9.80. The van der Waals surface area contributed by atoms with Crippen molar-refractivity contribution in [2.45, 2.75) is 205 Å². The smallest absolute Gasteiger partial charge is 0.143 e. The molecule has 0 aromatic heterocycles. The monoisotopic (exact) mass is 783 g/mol. The van der Waals surface area contributed by atoms with Gasteiger partial charge in [-0.1, -0.05) is 272 Å². The Balaban J connectivity index is 1.45. The molecule has 57 heavy (non-hydrogen) atoms. The largest absolute Gasteiger partial charge is 0.379 e. The van der Waals surface area contributed by atoms with Crippen molar-refractivity contribution < 1.29 is 14.2 Å². The maximum absolute atomic E-state index is 7.20. The van der Waals surface area contributed by atoms with Crippen LogP contribution in [0.1, 0.15) is 210 Å². The lowest BCUT2D eigenvalue weighted by molar-refractivity contribution is -0.0923. The number of unbranched alkanes of at least 4 members (excludes halogenated alkanes) is 26. The summed E-state index contributed by atoms with van der Waals surface area (Å²) < 4.78 is 20.2. The molecule has 0 aliphatic heterocycles. The number of ether oxygens (including phenoxy) is 3. The molecule has 320 valence electrons. The molecule has 1 atom stereocenters. The quantitative estimate of drug-likeness (QED) is 0.0426. The van der Waals surface area contributed by atoms with Gasteiger partial charge in [-0.25, -0.2) is 0 Å². The molecule has 0 aliphatic carbocycles. The zero-order chi connectivity index (χ0) is 40.2. The van der Waals surface area contributed by atoms with Gasteiger partial charge in [-0.3, -0.25) is 0 Å². The molecule has 3 nitrogen and oxygen atoms in total. The van der Waals surface area contributed by atoms with Crippen molar-refractivity contribution >= 4 is 0 Å². The second kappa shape index (κ2) is 34.4. The van der Waals surface area contributed by atoms with Gasteiger partial charge in [0.25, 0.3) is 0 Å². The summed E-state index contributed by atoms with van der Waals surface area (Å²) in [6.45, 7) is 7.15. The molecule has 0 heterocycles. The summed E-state index contributed by atoms with van der Waals surface area (Å²) in [5, 5.41) is 0. The van der Waals surface area contributed by atoms with Crippen LogP contribution in [0.2, 0.25) is 0 Å². The molecular weight excluding hydrogens is 697 g/mol. The van der Waals surface area contributed by atoms with E-state index in [-0.39, 0.29) is 6.10 Å². The third-order valence-electron chi connectivity index (χ3n) is 11.8. The summed E-state index contributed by atoms with van der Waals surface area (Å²) in [6, 6.07) is 32.1. The van der Waals surface area contributed by atoms with Crippen LogP contribution in [0.25, 0.3) is 0 Å². The molecule has 0 bridgehead atoms. The Bertz CT molecular complexity index is 1170. The Morgan fingerprint density at radius 2 is 0.649 bits per heavy atom. The summed E-state index contributed by atoms with van der Waals surface area (Å²) in [7, 11) is 0. The zero-order valence-electron chi connectivity index (χ0n) is 37.1. The fourth-order valence-corrected chi connectivity index (χ4v) is 8.29. The summed E-state index contributed by atoms with van der Waals surface area (Å²) in [6.07, 6.45) is 38.1. The fraction of sp³-hybridized carbons (Fsp3) is 0.667. The highest BCUT2D eigenvalue weighted by molar-refractivity contribution is 5.47. The first kappa shape index (κ1) is 48.9. The fourth-order valence-electron chi connectivity index (χ4n) is 8.29. The zero-order valence-corrected chi connectivity index (χ0v) is 37.1. The first-order chi connectivity index (χ1) is 28.3. The van der Waals surface area contributed by atoms with Gasteiger partial charge in [-0.05, 0) is 29.5 Å². The van der Waals surface area contributed by atoms with Crippen LogP contribution in [-0.2, 0) is 19.8 Å². The molecule has 0 amide bonds. The average molecular weight is 783 g/mol. The molecule has 3 rings (SSSR count). The van der Waals surface area contributed by atoms with Crippen molar-refractivity contribution in [2.75, 3.05) is 26.4 Å². The van der Waals surface area contributed by atoms with E-state index in [2.05, 4.69) is 105 Å². The minimum absolute atomic E-state index is 0.130. The molecule has 0 spiro atoms. The van der Waals surface area contributed by atoms with Gasteiger partial charge in [-0.15, -0.1) is 0 Å². The van der Waals surface area contributed by atoms with Crippen LogP contribution in [0.4, 0.5) is 0 Å². The highest BCUT2D eigenvalue weighted by atomic mass is 16.6. The number of rotatable bonds is 39. The molecule has 0 saturated heterocycles. The van der Waals surface area contributed by atoms with E-state index in [1.54, 1.807) is 0 Å². The maximum atomic E-state index is 7.20. The van der Waals surface area contributed by atoms with E-state index in [1.807, 2.05) is 0 Å². The third-order valence-corrected chi connectivity index (χ3v) is 11.8. The molecule has 0 radical (unpaired) electrons. The second-order valence-electron chi connectivity index (χ2n) is 16.9. The Morgan fingerprint density at radius 3 is 0.982 bits per heavy atom.